The average Bonchev–Trinajstić information content (AvgIpc) is 2.81. The van der Waals surface area contributed by atoms with E-state index in [1.54, 1.807) is 0 Å². The number of fused-ring (bicyclic) bond motifs is 1. The Hall–Kier alpha value is -1.29. The first-order chi connectivity index (χ1) is 9.65. The number of halogens is 1. The zero-order valence-corrected chi connectivity index (χ0v) is 13.3. The van der Waals surface area contributed by atoms with E-state index in [9.17, 15) is 4.79 Å². The van der Waals surface area contributed by atoms with Gasteiger partial charge in [-0.05, 0) is 64.4 Å². The van der Waals surface area contributed by atoms with Crippen molar-refractivity contribution >= 4 is 21.8 Å². The van der Waals surface area contributed by atoms with E-state index in [4.69, 9.17) is 4.74 Å². The van der Waals surface area contributed by atoms with E-state index in [-0.39, 0.29) is 5.91 Å². The molecule has 1 aliphatic carbocycles. The van der Waals surface area contributed by atoms with Gasteiger partial charge < -0.3 is 10.1 Å². The molecule has 0 heterocycles. The summed E-state index contributed by atoms with van der Waals surface area (Å²) in [7, 11) is 0. The minimum absolute atomic E-state index is 0.120. The summed E-state index contributed by atoms with van der Waals surface area (Å²) in [4.78, 5) is 11.3. The molecule has 108 valence electrons. The van der Waals surface area contributed by atoms with Gasteiger partial charge in [0.1, 0.15) is 5.75 Å². The zero-order valence-electron chi connectivity index (χ0n) is 11.7. The Morgan fingerprint density at radius 1 is 1.60 bits per heavy atom. The molecule has 1 N–H and O–H groups in total. The summed E-state index contributed by atoms with van der Waals surface area (Å²) in [6, 6.07) is 4.24. The highest BCUT2D eigenvalue weighted by molar-refractivity contribution is 9.10. The minimum atomic E-state index is 0.120. The van der Waals surface area contributed by atoms with Crippen LogP contribution in [0.1, 0.15) is 43.2 Å². The molecule has 0 fully saturated rings. The van der Waals surface area contributed by atoms with Crippen LogP contribution < -0.4 is 10.1 Å². The van der Waals surface area contributed by atoms with Crippen molar-refractivity contribution in [3.05, 3.63) is 40.6 Å². The maximum absolute atomic E-state index is 11.3. The van der Waals surface area contributed by atoms with E-state index >= 15 is 0 Å². The highest BCUT2D eigenvalue weighted by atomic mass is 79.9. The fraction of sp³-hybridized carbons (Fsp3) is 0.438. The highest BCUT2D eigenvalue weighted by Gasteiger charge is 2.24. The maximum Gasteiger partial charge on any atom is 0.219 e. The van der Waals surface area contributed by atoms with E-state index in [1.165, 1.54) is 17.4 Å². The normalized spacial score (nSPS) is 16.6. The number of benzene rings is 1. The molecule has 0 aliphatic heterocycles. The number of hydrogen-bond acceptors (Lipinski definition) is 2. The third kappa shape index (κ3) is 3.42. The van der Waals surface area contributed by atoms with Crippen molar-refractivity contribution in [2.24, 2.45) is 0 Å². The van der Waals surface area contributed by atoms with Crippen LogP contribution in [-0.2, 0) is 11.2 Å². The van der Waals surface area contributed by atoms with Crippen LogP contribution in [0, 0.1) is 0 Å². The number of hydrogen-bond donors (Lipinski definition) is 1. The lowest BCUT2D eigenvalue weighted by molar-refractivity contribution is -0.120. The van der Waals surface area contributed by atoms with Crippen LogP contribution in [-0.4, -0.2) is 12.5 Å². The number of nitrogens with one attached hydrogen (secondary N) is 1. The van der Waals surface area contributed by atoms with Crippen LogP contribution in [0.25, 0.3) is 0 Å². The van der Waals surface area contributed by atoms with E-state index in [1.807, 2.05) is 6.92 Å². The molecule has 1 aromatic rings. The Kier molecular flexibility index (Phi) is 5.24. The van der Waals surface area contributed by atoms with Gasteiger partial charge in [0.25, 0.3) is 0 Å². The van der Waals surface area contributed by atoms with E-state index in [0.29, 0.717) is 12.3 Å². The molecule has 0 saturated carbocycles. The lowest BCUT2D eigenvalue weighted by Gasteiger charge is -2.14. The van der Waals surface area contributed by atoms with Crippen molar-refractivity contribution in [3.8, 4) is 5.75 Å². The molecule has 1 atom stereocenters. The molecule has 1 unspecified atom stereocenters. The topological polar surface area (TPSA) is 38.3 Å². The van der Waals surface area contributed by atoms with Gasteiger partial charge in [0.2, 0.25) is 5.91 Å². The molecule has 1 aliphatic rings. The first-order valence-electron chi connectivity index (χ1n) is 7.02. The summed E-state index contributed by atoms with van der Waals surface area (Å²) in [5, 5.41) is 2.95. The van der Waals surface area contributed by atoms with Gasteiger partial charge in [0, 0.05) is 13.0 Å². The monoisotopic (exact) mass is 337 g/mol. The summed E-state index contributed by atoms with van der Waals surface area (Å²) >= 11 is 3.52. The van der Waals surface area contributed by atoms with Crippen LogP contribution in [0.4, 0.5) is 0 Å². The number of ether oxygens (including phenoxy) is 1. The van der Waals surface area contributed by atoms with Crippen molar-refractivity contribution in [3.63, 3.8) is 0 Å². The van der Waals surface area contributed by atoms with Crippen LogP contribution >= 0.6 is 15.9 Å². The van der Waals surface area contributed by atoms with Gasteiger partial charge in [-0.2, -0.15) is 0 Å². The Morgan fingerprint density at radius 3 is 3.10 bits per heavy atom. The third-order valence-corrected chi connectivity index (χ3v) is 4.36. The molecular formula is C16H20BrNO2. The number of carbonyl (C=O) groups is 1. The fourth-order valence-electron chi connectivity index (χ4n) is 2.68. The van der Waals surface area contributed by atoms with Gasteiger partial charge in [-0.3, -0.25) is 4.79 Å². The van der Waals surface area contributed by atoms with Gasteiger partial charge in [-0.1, -0.05) is 13.5 Å². The molecule has 0 radical (unpaired) electrons. The molecule has 0 saturated heterocycles. The number of carbonyl (C=O) groups excluding carboxylic acids is 1. The van der Waals surface area contributed by atoms with Gasteiger partial charge in [-0.15, -0.1) is 0 Å². The molecule has 0 aromatic heterocycles. The average molecular weight is 338 g/mol. The Bertz CT molecular complexity index is 513. The molecular weight excluding hydrogens is 318 g/mol. The smallest absolute Gasteiger partial charge is 0.219 e. The highest BCUT2D eigenvalue weighted by Crippen LogP contribution is 2.40. The second-order valence-electron chi connectivity index (χ2n) is 4.99. The van der Waals surface area contributed by atoms with Gasteiger partial charge >= 0.3 is 0 Å². The largest absolute Gasteiger partial charge is 0.464 e. The van der Waals surface area contributed by atoms with Crippen molar-refractivity contribution in [2.75, 3.05) is 6.54 Å². The number of amides is 1. The van der Waals surface area contributed by atoms with E-state index in [2.05, 4.69) is 40.0 Å². The van der Waals surface area contributed by atoms with Gasteiger partial charge in [0.15, 0.2) is 0 Å². The van der Waals surface area contributed by atoms with Crippen molar-refractivity contribution in [1.82, 2.24) is 5.32 Å². The standard InChI is InChI=1S/C16H20BrNO2/c1-3-16(19)18-8-7-11-5-6-12-9-14(17)15(20-4-2)10-13(11)12/h4,9-11H,2-3,5-8H2,1H3,(H,18,19). The van der Waals surface area contributed by atoms with Crippen molar-refractivity contribution < 1.29 is 9.53 Å². The Morgan fingerprint density at radius 2 is 2.40 bits per heavy atom. The van der Waals surface area contributed by atoms with Crippen molar-refractivity contribution in [1.29, 1.82) is 0 Å². The summed E-state index contributed by atoms with van der Waals surface area (Å²) in [5.41, 5.74) is 2.72. The SMILES string of the molecule is C=COc1cc2c(cc1Br)CCC2CCNC(=O)CC. The number of aryl methyl sites for hydroxylation is 1. The van der Waals surface area contributed by atoms with Crippen LogP contribution in [0.5, 0.6) is 5.75 Å². The lowest BCUT2D eigenvalue weighted by atomic mass is 9.97. The maximum atomic E-state index is 11.3. The van der Waals surface area contributed by atoms with Gasteiger partial charge in [0.05, 0.1) is 10.7 Å². The summed E-state index contributed by atoms with van der Waals surface area (Å²) < 4.78 is 6.39. The predicted octanol–water partition coefficient (Wildman–Crippen LogP) is 3.92. The van der Waals surface area contributed by atoms with E-state index < -0.39 is 0 Å². The molecule has 0 spiro atoms. The van der Waals surface area contributed by atoms with Crippen LogP contribution in [0.2, 0.25) is 0 Å². The second kappa shape index (κ2) is 6.93. The van der Waals surface area contributed by atoms with Crippen molar-refractivity contribution in [2.45, 2.75) is 38.5 Å². The Labute approximate surface area is 128 Å². The predicted molar refractivity (Wildman–Crippen MR) is 83.9 cm³/mol. The molecule has 2 rings (SSSR count). The first kappa shape index (κ1) is 15.1. The molecule has 20 heavy (non-hydrogen) atoms. The summed E-state index contributed by atoms with van der Waals surface area (Å²) in [6.07, 6.45) is 5.20. The first-order valence-corrected chi connectivity index (χ1v) is 7.81. The molecule has 1 aromatic carbocycles. The van der Waals surface area contributed by atoms with Gasteiger partial charge in [-0.25, -0.2) is 0 Å². The molecule has 0 bridgehead atoms. The van der Waals surface area contributed by atoms with E-state index in [0.717, 1.165) is 36.0 Å². The summed E-state index contributed by atoms with van der Waals surface area (Å²) in [6.45, 7) is 6.21. The van der Waals surface area contributed by atoms with Crippen LogP contribution in [0.15, 0.2) is 29.4 Å². The molecule has 1 amide bonds. The Balaban J connectivity index is 2.05. The second-order valence-corrected chi connectivity index (χ2v) is 5.85. The minimum Gasteiger partial charge on any atom is -0.464 e. The third-order valence-electron chi connectivity index (χ3n) is 3.74. The molecule has 3 nitrogen and oxygen atoms in total. The lowest BCUT2D eigenvalue weighted by Crippen LogP contribution is -2.24. The number of rotatable bonds is 6. The zero-order chi connectivity index (χ0) is 14.5. The van der Waals surface area contributed by atoms with Crippen LogP contribution in [0.3, 0.4) is 0 Å². The quantitative estimate of drug-likeness (QED) is 0.799. The fourth-order valence-corrected chi connectivity index (χ4v) is 3.17. The summed E-state index contributed by atoms with van der Waals surface area (Å²) in [5.74, 6) is 1.43. The molecule has 4 heteroatoms.